The van der Waals surface area contributed by atoms with Crippen LogP contribution in [0.2, 0.25) is 5.02 Å². The Morgan fingerprint density at radius 2 is 1.73 bits per heavy atom. The smallest absolute Gasteiger partial charge is 0.316 e. The average Bonchev–Trinajstić information content (AvgIpc) is 3.62. The Morgan fingerprint density at radius 3 is 2.47 bits per heavy atom. The number of aromatic nitrogens is 5. The maximum atomic E-state index is 13.7. The molecule has 0 radical (unpaired) electrons. The number of hydrogen-bond acceptors (Lipinski definition) is 8. The molecule has 4 heterocycles. The zero-order valence-corrected chi connectivity index (χ0v) is 26.3. The van der Waals surface area contributed by atoms with Crippen LogP contribution in [0.3, 0.4) is 0 Å². The van der Waals surface area contributed by atoms with Gasteiger partial charge in [-0.2, -0.15) is 14.1 Å². The standard InChI is InChI=1S/C32H32ClN7O4S/c1-32(11-12-32)21-44-29-28(19-36-40(31(29)41)26-5-2-4-24(33)18-26)37-14-16-38(17-15-37)45(42,43)20-23-7-9-25(10-8-23)39-22-35-30-27(39)6-3-13-34-30/h2-10,13,18-19,22H,11-12,14-17,20-21H2,1H3. The molecule has 1 saturated heterocycles. The van der Waals surface area contributed by atoms with E-state index in [-0.39, 0.29) is 35.6 Å². The van der Waals surface area contributed by atoms with Gasteiger partial charge < -0.3 is 9.64 Å². The summed E-state index contributed by atoms with van der Waals surface area (Å²) < 4.78 is 37.8. The summed E-state index contributed by atoms with van der Waals surface area (Å²) >= 11 is 6.18. The normalized spacial score (nSPS) is 16.6. The van der Waals surface area contributed by atoms with Gasteiger partial charge in [-0.25, -0.2) is 18.4 Å². The Bertz CT molecular complexity index is 2030. The van der Waals surface area contributed by atoms with Gasteiger partial charge in [0.25, 0.3) is 0 Å². The van der Waals surface area contributed by atoms with Crippen molar-refractivity contribution in [1.82, 2.24) is 28.6 Å². The summed E-state index contributed by atoms with van der Waals surface area (Å²) in [5.74, 6) is 0.111. The molecule has 232 valence electrons. The van der Waals surface area contributed by atoms with E-state index in [1.807, 2.05) is 45.9 Å². The third-order valence-corrected chi connectivity index (χ3v) is 10.6. The lowest BCUT2D eigenvalue weighted by Gasteiger charge is -2.35. The molecule has 0 N–H and O–H groups in total. The van der Waals surface area contributed by atoms with Crippen molar-refractivity contribution in [2.24, 2.45) is 5.41 Å². The van der Waals surface area contributed by atoms with E-state index in [4.69, 9.17) is 16.3 Å². The summed E-state index contributed by atoms with van der Waals surface area (Å²) in [5.41, 5.74) is 3.89. The molecular weight excluding hydrogens is 614 g/mol. The van der Waals surface area contributed by atoms with E-state index in [0.29, 0.717) is 47.3 Å². The number of imidazole rings is 1. The SMILES string of the molecule is CC1(COc2c(N3CCN(S(=O)(=O)Cc4ccc(-n5cnc6ncccc65)cc4)CC3)cnn(-c3cccc(Cl)c3)c2=O)CC1. The van der Waals surface area contributed by atoms with E-state index < -0.39 is 10.0 Å². The van der Waals surface area contributed by atoms with Gasteiger partial charge in [-0.3, -0.25) is 9.36 Å². The summed E-state index contributed by atoms with van der Waals surface area (Å²) in [6.07, 6.45) is 7.13. The molecule has 1 aliphatic heterocycles. The Hall–Kier alpha value is -4.26. The number of piperazine rings is 1. The number of pyridine rings is 1. The number of nitrogens with zero attached hydrogens (tertiary/aromatic N) is 7. The molecule has 3 aromatic heterocycles. The van der Waals surface area contributed by atoms with Crippen LogP contribution in [0.25, 0.3) is 22.5 Å². The molecule has 2 aliphatic rings. The molecule has 7 rings (SSSR count). The van der Waals surface area contributed by atoms with E-state index in [1.54, 1.807) is 43.0 Å². The van der Waals surface area contributed by atoms with Crippen molar-refractivity contribution in [2.75, 3.05) is 37.7 Å². The maximum Gasteiger partial charge on any atom is 0.316 e. The minimum Gasteiger partial charge on any atom is -0.486 e. The number of fused-ring (bicyclic) bond motifs is 1. The predicted octanol–water partition coefficient (Wildman–Crippen LogP) is 4.45. The minimum atomic E-state index is -3.58. The van der Waals surface area contributed by atoms with Crippen molar-refractivity contribution in [3.05, 3.63) is 100 Å². The minimum absolute atomic E-state index is 0.0581. The van der Waals surface area contributed by atoms with Crippen LogP contribution in [-0.2, 0) is 15.8 Å². The highest BCUT2D eigenvalue weighted by molar-refractivity contribution is 7.88. The zero-order valence-electron chi connectivity index (χ0n) is 24.7. The van der Waals surface area contributed by atoms with Gasteiger partial charge in [0.1, 0.15) is 12.0 Å². The van der Waals surface area contributed by atoms with E-state index in [1.165, 1.54) is 8.99 Å². The second-order valence-corrected chi connectivity index (χ2v) is 14.3. The van der Waals surface area contributed by atoms with Crippen molar-refractivity contribution >= 4 is 38.5 Å². The van der Waals surface area contributed by atoms with Crippen molar-refractivity contribution in [3.8, 4) is 17.1 Å². The molecule has 2 fully saturated rings. The maximum absolute atomic E-state index is 13.7. The van der Waals surface area contributed by atoms with E-state index in [2.05, 4.69) is 22.0 Å². The first-order chi connectivity index (χ1) is 21.7. The van der Waals surface area contributed by atoms with Gasteiger partial charge in [-0.1, -0.05) is 36.7 Å². The van der Waals surface area contributed by atoms with Crippen LogP contribution in [-0.4, -0.2) is 69.8 Å². The van der Waals surface area contributed by atoms with Crippen molar-refractivity contribution in [2.45, 2.75) is 25.5 Å². The van der Waals surface area contributed by atoms with Crippen molar-refractivity contribution in [1.29, 1.82) is 0 Å². The van der Waals surface area contributed by atoms with Gasteiger partial charge in [-0.05, 0) is 60.9 Å². The van der Waals surface area contributed by atoms with Crippen molar-refractivity contribution < 1.29 is 13.2 Å². The number of halogens is 1. The second-order valence-electron chi connectivity index (χ2n) is 11.9. The summed E-state index contributed by atoms with van der Waals surface area (Å²) in [5, 5.41) is 4.93. The quantitative estimate of drug-likeness (QED) is 0.231. The van der Waals surface area contributed by atoms with Crippen LogP contribution in [0, 0.1) is 5.41 Å². The predicted molar refractivity (Wildman–Crippen MR) is 173 cm³/mol. The number of anilines is 1. The first-order valence-electron chi connectivity index (χ1n) is 14.8. The molecule has 1 saturated carbocycles. The van der Waals surface area contributed by atoms with Gasteiger partial charge in [0.2, 0.25) is 15.8 Å². The number of rotatable bonds is 9. The Kier molecular flexibility index (Phi) is 7.58. The largest absolute Gasteiger partial charge is 0.486 e. The lowest BCUT2D eigenvalue weighted by Crippen LogP contribution is -2.49. The van der Waals surface area contributed by atoms with Crippen LogP contribution >= 0.6 is 11.6 Å². The van der Waals surface area contributed by atoms with E-state index in [0.717, 1.165) is 24.0 Å². The fraction of sp³-hybridized carbons (Fsp3) is 0.312. The number of sulfonamides is 1. The molecular formula is C32H32ClN7O4S. The van der Waals surface area contributed by atoms with Crippen LogP contribution in [0.1, 0.15) is 25.3 Å². The third kappa shape index (κ3) is 6.05. The van der Waals surface area contributed by atoms with Crippen molar-refractivity contribution in [3.63, 3.8) is 0 Å². The highest BCUT2D eigenvalue weighted by Crippen LogP contribution is 2.45. The van der Waals surface area contributed by atoms with Gasteiger partial charge in [-0.15, -0.1) is 0 Å². The highest BCUT2D eigenvalue weighted by Gasteiger charge is 2.39. The Balaban J connectivity index is 1.06. The lowest BCUT2D eigenvalue weighted by atomic mass is 10.2. The van der Waals surface area contributed by atoms with E-state index in [9.17, 15) is 13.2 Å². The van der Waals surface area contributed by atoms with Crippen LogP contribution in [0.15, 0.2) is 84.2 Å². The fourth-order valence-corrected chi connectivity index (χ4v) is 7.20. The Morgan fingerprint density at radius 1 is 0.956 bits per heavy atom. The third-order valence-electron chi connectivity index (χ3n) is 8.49. The molecule has 2 aromatic carbocycles. The second kappa shape index (κ2) is 11.6. The molecule has 1 aliphatic carbocycles. The van der Waals surface area contributed by atoms with Gasteiger partial charge in [0.05, 0.1) is 29.8 Å². The first kappa shape index (κ1) is 29.5. The molecule has 0 spiro atoms. The summed E-state index contributed by atoms with van der Waals surface area (Å²) in [4.78, 5) is 24.2. The van der Waals surface area contributed by atoms with Gasteiger partial charge in [0.15, 0.2) is 5.65 Å². The topological polar surface area (TPSA) is 115 Å². The summed E-state index contributed by atoms with van der Waals surface area (Å²) in [6.45, 7) is 3.92. The van der Waals surface area contributed by atoms with Gasteiger partial charge in [0, 0.05) is 48.5 Å². The molecule has 0 unspecified atom stereocenters. The van der Waals surface area contributed by atoms with Crippen LogP contribution < -0.4 is 15.2 Å². The molecule has 13 heteroatoms. The number of ether oxygens (including phenoxy) is 1. The Labute approximate surface area is 265 Å². The first-order valence-corrected chi connectivity index (χ1v) is 16.8. The van der Waals surface area contributed by atoms with E-state index >= 15 is 0 Å². The zero-order chi connectivity index (χ0) is 31.2. The molecule has 11 nitrogen and oxygen atoms in total. The van der Waals surface area contributed by atoms with Crippen LogP contribution in [0.4, 0.5) is 5.69 Å². The molecule has 0 amide bonds. The molecule has 45 heavy (non-hydrogen) atoms. The highest BCUT2D eigenvalue weighted by atomic mass is 35.5. The average molecular weight is 646 g/mol. The summed E-state index contributed by atoms with van der Waals surface area (Å²) in [7, 11) is -3.58. The molecule has 5 aromatic rings. The lowest BCUT2D eigenvalue weighted by molar-refractivity contribution is 0.242. The number of hydrogen-bond donors (Lipinski definition) is 0. The fourth-order valence-electron chi connectivity index (χ4n) is 5.50. The molecule has 0 atom stereocenters. The summed E-state index contributed by atoms with van der Waals surface area (Å²) in [6, 6.07) is 18.2. The molecule has 0 bridgehead atoms. The number of benzene rings is 2. The van der Waals surface area contributed by atoms with Gasteiger partial charge >= 0.3 is 5.56 Å². The van der Waals surface area contributed by atoms with Crippen LogP contribution in [0.5, 0.6) is 5.75 Å². The monoisotopic (exact) mass is 645 g/mol.